The Morgan fingerprint density at radius 2 is 2.00 bits per heavy atom. The van der Waals surface area contributed by atoms with Crippen LogP contribution in [0.3, 0.4) is 0 Å². The summed E-state index contributed by atoms with van der Waals surface area (Å²) in [5, 5.41) is 21.8. The molecule has 0 unspecified atom stereocenters. The Bertz CT molecular complexity index is 1300. The van der Waals surface area contributed by atoms with Crippen LogP contribution in [-0.4, -0.2) is 59.0 Å². The predicted molar refractivity (Wildman–Crippen MR) is 113 cm³/mol. The number of aromatic nitrogens is 3. The van der Waals surface area contributed by atoms with Gasteiger partial charge in [0.25, 0.3) is 0 Å². The number of phosphoric acid groups is 1. The van der Waals surface area contributed by atoms with E-state index in [1.165, 1.54) is 48.3 Å². The van der Waals surface area contributed by atoms with Gasteiger partial charge in [-0.25, -0.2) is 18.9 Å². The maximum atomic E-state index is 13.1. The van der Waals surface area contributed by atoms with Gasteiger partial charge in [-0.2, -0.15) is 0 Å². The first kappa shape index (κ1) is 23.3. The lowest BCUT2D eigenvalue weighted by atomic mass is 9.96. The van der Waals surface area contributed by atoms with E-state index < -0.39 is 44.3 Å². The van der Waals surface area contributed by atoms with E-state index in [0.29, 0.717) is 16.5 Å². The molecule has 11 nitrogen and oxygen atoms in total. The van der Waals surface area contributed by atoms with Gasteiger partial charge in [0.05, 0.1) is 17.6 Å². The van der Waals surface area contributed by atoms with E-state index >= 15 is 0 Å². The number of hydrogen-bond donors (Lipinski definition) is 5. The van der Waals surface area contributed by atoms with Gasteiger partial charge in [0.15, 0.2) is 6.23 Å². The normalized spacial score (nSPS) is 25.2. The van der Waals surface area contributed by atoms with Crippen molar-refractivity contribution < 1.29 is 38.2 Å². The number of aliphatic hydroxyl groups excluding tert-OH is 1. The molecule has 33 heavy (non-hydrogen) atoms. The molecule has 1 saturated heterocycles. The second kappa shape index (κ2) is 8.48. The molecule has 0 radical (unpaired) electrons. The molecule has 4 atom stereocenters. The van der Waals surface area contributed by atoms with Crippen LogP contribution in [0.2, 0.25) is 0 Å². The van der Waals surface area contributed by atoms with E-state index in [4.69, 9.17) is 20.3 Å². The molecule has 4 rings (SSSR count). The molecule has 13 heteroatoms. The van der Waals surface area contributed by atoms with E-state index in [9.17, 15) is 19.2 Å². The Labute approximate surface area is 186 Å². The summed E-state index contributed by atoms with van der Waals surface area (Å²) >= 11 is 0. The molecule has 0 aliphatic carbocycles. The van der Waals surface area contributed by atoms with Crippen LogP contribution in [0.5, 0.6) is 0 Å². The Balaban J connectivity index is 1.75. The number of ether oxygens (including phenoxy) is 1. The number of rotatable bonds is 4. The topological polar surface area (TPSA) is 173 Å². The second-order valence-electron chi connectivity index (χ2n) is 7.65. The van der Waals surface area contributed by atoms with Crippen LogP contribution >= 0.6 is 7.82 Å². The molecule has 2 aromatic heterocycles. The van der Waals surface area contributed by atoms with Crippen molar-refractivity contribution in [1.29, 1.82) is 0 Å². The van der Waals surface area contributed by atoms with E-state index in [0.717, 1.165) is 0 Å². The Hall–Kier alpha value is -2.88. The zero-order chi connectivity index (χ0) is 24.0. The van der Waals surface area contributed by atoms with E-state index in [1.807, 2.05) is 0 Å². The Morgan fingerprint density at radius 3 is 2.67 bits per heavy atom. The lowest BCUT2D eigenvalue weighted by Gasteiger charge is -2.27. The van der Waals surface area contributed by atoms with E-state index in [-0.39, 0.29) is 11.5 Å². The van der Waals surface area contributed by atoms with Crippen LogP contribution in [0, 0.1) is 17.7 Å². The molecule has 0 bridgehead atoms. The highest BCUT2D eigenvalue weighted by Gasteiger charge is 2.54. The minimum Gasteiger partial charge on any atom is -0.387 e. The molecule has 0 saturated carbocycles. The second-order valence-corrected chi connectivity index (χ2v) is 8.89. The van der Waals surface area contributed by atoms with Gasteiger partial charge in [-0.05, 0) is 31.2 Å². The van der Waals surface area contributed by atoms with Gasteiger partial charge in [-0.3, -0.25) is 4.52 Å². The molecular weight excluding hydrogens is 458 g/mol. The number of phosphoric ester groups is 1. The first-order chi connectivity index (χ1) is 15.5. The average molecular weight is 478 g/mol. The summed E-state index contributed by atoms with van der Waals surface area (Å²) in [7, 11) is -4.82. The van der Waals surface area contributed by atoms with Crippen LogP contribution in [0.4, 0.5) is 10.2 Å². The van der Waals surface area contributed by atoms with Crippen molar-refractivity contribution in [3.63, 3.8) is 0 Å². The number of fused-ring (bicyclic) bond motifs is 1. The average Bonchev–Trinajstić information content (AvgIpc) is 3.21. The summed E-state index contributed by atoms with van der Waals surface area (Å²) in [6.07, 6.45) is -1.30. The first-order valence-electron chi connectivity index (χ1n) is 9.62. The van der Waals surface area contributed by atoms with Crippen molar-refractivity contribution in [2.75, 3.05) is 12.3 Å². The largest absolute Gasteiger partial charge is 0.469 e. The molecule has 0 amide bonds. The van der Waals surface area contributed by atoms with Gasteiger partial charge < -0.3 is 35.0 Å². The molecule has 174 valence electrons. The van der Waals surface area contributed by atoms with E-state index in [2.05, 4.69) is 26.3 Å². The minimum absolute atomic E-state index is 0.113. The Kier molecular flexibility index (Phi) is 5.98. The fourth-order valence-corrected chi connectivity index (χ4v) is 3.94. The SMILES string of the molecule is C[C@@]1(O)[C@H](O)[C@@H](COP(=O)(O)O)O[C@H]1n1cc(C#Cc2ccc(F)cc2)c2c(N)ncnc21. The van der Waals surface area contributed by atoms with Gasteiger partial charge in [0.2, 0.25) is 0 Å². The van der Waals surface area contributed by atoms with Gasteiger partial charge in [-0.1, -0.05) is 11.8 Å². The number of benzene rings is 1. The third kappa shape index (κ3) is 4.62. The number of nitrogen functional groups attached to an aromatic ring is 1. The summed E-state index contributed by atoms with van der Waals surface area (Å²) in [4.78, 5) is 26.1. The highest BCUT2D eigenvalue weighted by molar-refractivity contribution is 7.46. The maximum Gasteiger partial charge on any atom is 0.469 e. The van der Waals surface area contributed by atoms with Crippen LogP contribution in [0.1, 0.15) is 24.3 Å². The molecule has 3 aromatic rings. The van der Waals surface area contributed by atoms with Crippen molar-refractivity contribution in [2.24, 2.45) is 0 Å². The van der Waals surface area contributed by atoms with Crippen LogP contribution in [0.25, 0.3) is 11.0 Å². The number of anilines is 1. The third-order valence-corrected chi connectivity index (χ3v) is 5.72. The van der Waals surface area contributed by atoms with Crippen molar-refractivity contribution in [2.45, 2.75) is 31.0 Å². The predicted octanol–water partition coefficient (Wildman–Crippen LogP) is 0.671. The number of hydrogen-bond acceptors (Lipinski definition) is 8. The summed E-state index contributed by atoms with van der Waals surface area (Å²) in [5.74, 6) is 5.52. The number of halogens is 1. The fraction of sp³-hybridized carbons (Fsp3) is 0.300. The molecule has 1 aromatic carbocycles. The maximum absolute atomic E-state index is 13.1. The van der Waals surface area contributed by atoms with Gasteiger partial charge in [-0.15, -0.1) is 0 Å². The zero-order valence-corrected chi connectivity index (χ0v) is 18.1. The lowest BCUT2D eigenvalue weighted by Crippen LogP contribution is -2.44. The smallest absolute Gasteiger partial charge is 0.387 e. The van der Waals surface area contributed by atoms with Crippen molar-refractivity contribution in [1.82, 2.24) is 14.5 Å². The van der Waals surface area contributed by atoms with Gasteiger partial charge >= 0.3 is 7.82 Å². The molecule has 1 fully saturated rings. The van der Waals surface area contributed by atoms with E-state index in [1.54, 1.807) is 0 Å². The quantitative estimate of drug-likeness (QED) is 0.265. The van der Waals surface area contributed by atoms with Crippen molar-refractivity contribution in [3.8, 4) is 11.8 Å². The van der Waals surface area contributed by atoms with Crippen LogP contribution in [0.15, 0.2) is 36.8 Å². The number of nitrogens with two attached hydrogens (primary N) is 1. The molecule has 0 spiro atoms. The number of nitrogens with zero attached hydrogens (tertiary/aromatic N) is 3. The minimum atomic E-state index is -4.82. The molecular formula is C20H20FN4O7P. The van der Waals surface area contributed by atoms with Crippen molar-refractivity contribution in [3.05, 3.63) is 53.7 Å². The monoisotopic (exact) mass is 478 g/mol. The number of aliphatic hydroxyl groups is 2. The van der Waals surface area contributed by atoms with Crippen LogP contribution < -0.4 is 5.73 Å². The summed E-state index contributed by atoms with van der Waals surface area (Å²) in [6, 6.07) is 5.56. The Morgan fingerprint density at radius 1 is 1.30 bits per heavy atom. The summed E-state index contributed by atoms with van der Waals surface area (Å²) < 4.78 is 35.7. The van der Waals surface area contributed by atoms with Crippen LogP contribution in [-0.2, 0) is 13.8 Å². The molecule has 1 aliphatic rings. The third-order valence-electron chi connectivity index (χ3n) is 5.24. The molecule has 3 heterocycles. The zero-order valence-electron chi connectivity index (χ0n) is 17.2. The summed E-state index contributed by atoms with van der Waals surface area (Å²) in [6.45, 7) is 0.645. The highest BCUT2D eigenvalue weighted by atomic mass is 31.2. The molecule has 1 aliphatic heterocycles. The fourth-order valence-electron chi connectivity index (χ4n) is 3.60. The van der Waals surface area contributed by atoms with Gasteiger partial charge in [0.1, 0.15) is 41.4 Å². The highest BCUT2D eigenvalue weighted by Crippen LogP contribution is 2.43. The first-order valence-corrected chi connectivity index (χ1v) is 11.1. The molecule has 6 N–H and O–H groups in total. The van der Waals surface area contributed by atoms with Crippen molar-refractivity contribution >= 4 is 24.7 Å². The standard InChI is InChI=1S/C20H20FN4O7P/c1-20(27)16(26)14(9-31-33(28,29)30)32-19(20)25-8-12(15-17(22)23-10-24-18(15)25)5-2-11-3-6-13(21)7-4-11/h3-4,6-8,10,14,16,19,26-27H,9H2,1H3,(H2,22,23,24)(H2,28,29,30)/t14-,16-,19-,20-/m1/s1. The van der Waals surface area contributed by atoms with Gasteiger partial charge in [0, 0.05) is 11.8 Å². The lowest BCUT2D eigenvalue weighted by molar-refractivity contribution is -0.0947. The summed E-state index contributed by atoms with van der Waals surface area (Å²) in [5.41, 5.74) is 5.32.